The van der Waals surface area contributed by atoms with Crippen molar-refractivity contribution in [2.24, 2.45) is 0 Å². The molecule has 0 saturated carbocycles. The van der Waals surface area contributed by atoms with E-state index in [0.29, 0.717) is 17.8 Å². The van der Waals surface area contributed by atoms with Gasteiger partial charge in [0, 0.05) is 18.5 Å². The zero-order valence-corrected chi connectivity index (χ0v) is 16.2. The van der Waals surface area contributed by atoms with Crippen molar-refractivity contribution in [3.05, 3.63) is 46.7 Å². The molecule has 1 aromatic carbocycles. The number of hydrogen-bond acceptors (Lipinski definition) is 3. The Bertz CT molecular complexity index is 652. The van der Waals surface area contributed by atoms with Gasteiger partial charge in [-0.25, -0.2) is 0 Å². The summed E-state index contributed by atoms with van der Waals surface area (Å²) in [6, 6.07) is 12.7. The smallest absolute Gasteiger partial charge is 0.171 e. The van der Waals surface area contributed by atoms with Crippen LogP contribution in [0.5, 0.6) is 5.75 Å². The number of rotatable bonds is 7. The van der Waals surface area contributed by atoms with Crippen LogP contribution >= 0.6 is 23.6 Å². The van der Waals surface area contributed by atoms with Crippen LogP contribution in [0.4, 0.5) is 5.69 Å². The Morgan fingerprint density at radius 1 is 1.24 bits per heavy atom. The van der Waals surface area contributed by atoms with Crippen LogP contribution in [0.25, 0.3) is 0 Å². The zero-order valence-electron chi connectivity index (χ0n) is 14.6. The van der Waals surface area contributed by atoms with Gasteiger partial charge in [-0.05, 0) is 54.9 Å². The fraction of sp³-hybridized carbons (Fsp3) is 0.421. The minimum atomic E-state index is 0.475. The van der Waals surface area contributed by atoms with Crippen molar-refractivity contribution in [2.45, 2.75) is 25.8 Å². The van der Waals surface area contributed by atoms with Gasteiger partial charge in [0.25, 0.3) is 0 Å². The third-order valence-corrected chi connectivity index (χ3v) is 5.75. The second kappa shape index (κ2) is 9.17. The number of thiophene rings is 1. The number of quaternary nitrogens is 1. The summed E-state index contributed by atoms with van der Waals surface area (Å²) in [6.07, 6.45) is 2.65. The first-order chi connectivity index (χ1) is 12.3. The van der Waals surface area contributed by atoms with Gasteiger partial charge in [-0.1, -0.05) is 6.07 Å². The molecule has 0 spiro atoms. The minimum Gasteiger partial charge on any atom is -0.494 e. The van der Waals surface area contributed by atoms with Gasteiger partial charge in [0.15, 0.2) is 5.11 Å². The molecule has 134 valence electrons. The average molecular weight is 377 g/mol. The molecular weight excluding hydrogens is 350 g/mol. The first-order valence-corrected chi connectivity index (χ1v) is 10.2. The molecule has 2 aromatic rings. The summed E-state index contributed by atoms with van der Waals surface area (Å²) in [5.74, 6) is 0.877. The molecule has 1 saturated heterocycles. The van der Waals surface area contributed by atoms with Gasteiger partial charge in [0.1, 0.15) is 11.8 Å². The predicted molar refractivity (Wildman–Crippen MR) is 109 cm³/mol. The molecule has 1 aliphatic rings. The Balaban J connectivity index is 1.54. The van der Waals surface area contributed by atoms with E-state index in [1.165, 1.54) is 30.8 Å². The highest BCUT2D eigenvalue weighted by Gasteiger charge is 2.28. The van der Waals surface area contributed by atoms with E-state index in [-0.39, 0.29) is 0 Å². The molecule has 1 aliphatic heterocycles. The summed E-state index contributed by atoms with van der Waals surface area (Å²) < 4.78 is 5.47. The number of nitrogens with one attached hydrogen (secondary N) is 3. The molecule has 3 N–H and O–H groups in total. The highest BCUT2D eigenvalue weighted by Crippen LogP contribution is 2.18. The van der Waals surface area contributed by atoms with Crippen LogP contribution in [0.1, 0.15) is 30.7 Å². The average Bonchev–Trinajstić information content (AvgIpc) is 3.31. The number of anilines is 1. The quantitative estimate of drug-likeness (QED) is 0.650. The first-order valence-electron chi connectivity index (χ1n) is 8.92. The third-order valence-electron chi connectivity index (χ3n) is 4.52. The van der Waals surface area contributed by atoms with E-state index in [1.54, 1.807) is 4.90 Å². The van der Waals surface area contributed by atoms with Gasteiger partial charge in [-0.2, -0.15) is 0 Å². The second-order valence-corrected chi connectivity index (χ2v) is 7.61. The fourth-order valence-corrected chi connectivity index (χ4v) is 4.37. The molecule has 4 nitrogen and oxygen atoms in total. The molecule has 0 bridgehead atoms. The molecule has 0 unspecified atom stereocenters. The Hall–Kier alpha value is -1.63. The summed E-state index contributed by atoms with van der Waals surface area (Å²) in [5.41, 5.74) is 0.974. The van der Waals surface area contributed by atoms with Crippen molar-refractivity contribution >= 4 is 34.4 Å². The number of likely N-dealkylation sites (tertiary alicyclic amines) is 1. The lowest BCUT2D eigenvalue weighted by molar-refractivity contribution is -0.918. The standard InChI is InChI=1S/C19H25N3OS2/c1-2-23-16-9-7-15(8-10-16)21-19(24)20-14-17(18-6-5-13-25-18)22-11-3-4-12-22/h5-10,13,17H,2-4,11-12,14H2,1H3,(H2,20,21,24)/p+1/t17-/m0/s1. The third kappa shape index (κ3) is 5.17. The molecule has 6 heteroatoms. The first kappa shape index (κ1) is 18.2. The summed E-state index contributed by atoms with van der Waals surface area (Å²) in [7, 11) is 0. The molecule has 1 aromatic heterocycles. The van der Waals surface area contributed by atoms with E-state index in [4.69, 9.17) is 17.0 Å². The van der Waals surface area contributed by atoms with Crippen LogP contribution in [0, 0.1) is 0 Å². The van der Waals surface area contributed by atoms with Gasteiger partial charge in [-0.3, -0.25) is 0 Å². The van der Waals surface area contributed by atoms with E-state index < -0.39 is 0 Å². The van der Waals surface area contributed by atoms with Crippen LogP contribution in [-0.2, 0) is 0 Å². The van der Waals surface area contributed by atoms with E-state index in [0.717, 1.165) is 18.0 Å². The van der Waals surface area contributed by atoms with Crippen molar-refractivity contribution in [1.82, 2.24) is 5.32 Å². The number of hydrogen-bond donors (Lipinski definition) is 3. The fourth-order valence-electron chi connectivity index (χ4n) is 3.28. The van der Waals surface area contributed by atoms with Crippen LogP contribution in [0.2, 0.25) is 0 Å². The molecule has 1 atom stereocenters. The molecule has 0 amide bonds. The molecule has 1 fully saturated rings. The summed E-state index contributed by atoms with van der Waals surface area (Å²) in [5, 5.41) is 9.50. The molecule has 25 heavy (non-hydrogen) atoms. The van der Waals surface area contributed by atoms with Crippen LogP contribution in [-0.4, -0.2) is 31.4 Å². The number of benzene rings is 1. The summed E-state index contributed by atoms with van der Waals surface area (Å²) >= 11 is 7.32. The van der Waals surface area contributed by atoms with Crippen molar-refractivity contribution in [3.63, 3.8) is 0 Å². The van der Waals surface area contributed by atoms with Crippen LogP contribution in [0.3, 0.4) is 0 Å². The second-order valence-electron chi connectivity index (χ2n) is 6.23. The summed E-state index contributed by atoms with van der Waals surface area (Å²) in [4.78, 5) is 3.10. The SMILES string of the molecule is CCOc1ccc(NC(=S)NC[C@@H](c2cccs2)[NH+]2CCCC2)cc1. The van der Waals surface area contributed by atoms with Gasteiger partial charge < -0.3 is 20.3 Å². The van der Waals surface area contributed by atoms with E-state index in [9.17, 15) is 0 Å². The minimum absolute atomic E-state index is 0.475. The van der Waals surface area contributed by atoms with Crippen LogP contribution in [0.15, 0.2) is 41.8 Å². The largest absolute Gasteiger partial charge is 0.494 e. The Morgan fingerprint density at radius 2 is 2.00 bits per heavy atom. The monoisotopic (exact) mass is 376 g/mol. The Kier molecular flexibility index (Phi) is 6.67. The zero-order chi connectivity index (χ0) is 17.5. The molecule has 2 heterocycles. The van der Waals surface area contributed by atoms with Crippen molar-refractivity contribution in [2.75, 3.05) is 31.6 Å². The van der Waals surface area contributed by atoms with Crippen molar-refractivity contribution in [1.29, 1.82) is 0 Å². The lowest BCUT2D eigenvalue weighted by Crippen LogP contribution is -3.11. The Morgan fingerprint density at radius 3 is 2.64 bits per heavy atom. The predicted octanol–water partition coefficient (Wildman–Crippen LogP) is 2.85. The van der Waals surface area contributed by atoms with Gasteiger partial charge in [-0.15, -0.1) is 11.3 Å². The topological polar surface area (TPSA) is 37.7 Å². The van der Waals surface area contributed by atoms with Gasteiger partial charge in [0.2, 0.25) is 0 Å². The molecular formula is C19H26N3OS2+. The Labute approximate surface area is 159 Å². The molecule has 3 rings (SSSR count). The normalized spacial score (nSPS) is 15.7. The molecule has 0 radical (unpaired) electrons. The maximum Gasteiger partial charge on any atom is 0.171 e. The highest BCUT2D eigenvalue weighted by molar-refractivity contribution is 7.80. The molecule has 0 aliphatic carbocycles. The number of ether oxygens (including phenoxy) is 1. The highest BCUT2D eigenvalue weighted by atomic mass is 32.1. The van der Waals surface area contributed by atoms with Crippen molar-refractivity contribution < 1.29 is 9.64 Å². The van der Waals surface area contributed by atoms with Crippen LogP contribution < -0.4 is 20.3 Å². The maximum atomic E-state index is 5.48. The van der Waals surface area contributed by atoms with Crippen molar-refractivity contribution in [3.8, 4) is 5.75 Å². The van der Waals surface area contributed by atoms with E-state index >= 15 is 0 Å². The lowest BCUT2D eigenvalue weighted by atomic mass is 10.2. The van der Waals surface area contributed by atoms with E-state index in [1.807, 2.05) is 42.5 Å². The van der Waals surface area contributed by atoms with Gasteiger partial charge >= 0.3 is 0 Å². The maximum absolute atomic E-state index is 5.48. The summed E-state index contributed by atoms with van der Waals surface area (Å²) in [6.45, 7) is 6.03. The lowest BCUT2D eigenvalue weighted by Gasteiger charge is -2.24. The number of thiocarbonyl (C=S) groups is 1. The van der Waals surface area contributed by atoms with Gasteiger partial charge in [0.05, 0.1) is 31.1 Å². The van der Waals surface area contributed by atoms with E-state index in [2.05, 4.69) is 28.1 Å².